The van der Waals surface area contributed by atoms with Crippen molar-refractivity contribution in [3.8, 4) is 0 Å². The zero-order valence-electron chi connectivity index (χ0n) is 19.8. The van der Waals surface area contributed by atoms with E-state index in [-0.39, 0.29) is 23.9 Å². The molecule has 34 heavy (non-hydrogen) atoms. The number of nitrogens with zero attached hydrogens (tertiary/aromatic N) is 3. The van der Waals surface area contributed by atoms with Crippen LogP contribution in [0.3, 0.4) is 0 Å². The molecule has 2 atom stereocenters. The van der Waals surface area contributed by atoms with E-state index >= 15 is 0 Å². The van der Waals surface area contributed by atoms with Gasteiger partial charge in [-0.15, -0.1) is 11.3 Å². The van der Waals surface area contributed by atoms with Crippen molar-refractivity contribution in [2.75, 3.05) is 19.6 Å². The predicted molar refractivity (Wildman–Crippen MR) is 138 cm³/mol. The summed E-state index contributed by atoms with van der Waals surface area (Å²) in [6.07, 6.45) is 0. The van der Waals surface area contributed by atoms with Gasteiger partial charge in [0.05, 0.1) is 6.04 Å². The fourth-order valence-electron chi connectivity index (χ4n) is 4.95. The average molecular weight is 472 g/mol. The number of rotatable bonds is 4. The van der Waals surface area contributed by atoms with Gasteiger partial charge in [0.2, 0.25) is 0 Å². The largest absolute Gasteiger partial charge is 0.334 e. The summed E-state index contributed by atoms with van der Waals surface area (Å²) in [7, 11) is 0. The topological polar surface area (TPSA) is 45.6 Å². The summed E-state index contributed by atoms with van der Waals surface area (Å²) in [6, 6.07) is 22.1. The Hall–Kier alpha value is -3.38. The van der Waals surface area contributed by atoms with Crippen molar-refractivity contribution in [1.82, 2.24) is 14.4 Å². The van der Waals surface area contributed by atoms with E-state index in [0.717, 1.165) is 21.3 Å². The molecule has 2 amide bonds. The van der Waals surface area contributed by atoms with Crippen LogP contribution in [0.2, 0.25) is 0 Å². The Morgan fingerprint density at radius 1 is 0.971 bits per heavy atom. The van der Waals surface area contributed by atoms with Crippen molar-refractivity contribution in [3.63, 3.8) is 0 Å². The molecular formula is C28H29N3O2S. The minimum Gasteiger partial charge on any atom is -0.334 e. The van der Waals surface area contributed by atoms with Crippen molar-refractivity contribution in [3.05, 3.63) is 94.5 Å². The molecular weight excluding hydrogens is 442 g/mol. The van der Waals surface area contributed by atoms with Crippen LogP contribution in [0.1, 0.15) is 51.9 Å². The van der Waals surface area contributed by atoms with Gasteiger partial charge in [0.25, 0.3) is 11.8 Å². The van der Waals surface area contributed by atoms with Crippen LogP contribution in [0.5, 0.6) is 0 Å². The molecule has 0 bridgehead atoms. The third kappa shape index (κ3) is 3.92. The first kappa shape index (κ1) is 22.4. The lowest BCUT2D eigenvalue weighted by molar-refractivity contribution is 0.0408. The molecule has 1 aliphatic rings. The van der Waals surface area contributed by atoms with Gasteiger partial charge in [-0.1, -0.05) is 48.5 Å². The zero-order valence-corrected chi connectivity index (χ0v) is 20.6. The number of piperazine rings is 1. The molecule has 1 saturated heterocycles. The average Bonchev–Trinajstić information content (AvgIpc) is 3.45. The molecule has 0 unspecified atom stereocenters. The highest BCUT2D eigenvalue weighted by Crippen LogP contribution is 2.32. The van der Waals surface area contributed by atoms with Crippen LogP contribution >= 0.6 is 11.3 Å². The molecule has 0 N–H and O–H groups in total. The second-order valence-electron chi connectivity index (χ2n) is 9.08. The minimum absolute atomic E-state index is 0.0287. The van der Waals surface area contributed by atoms with E-state index in [1.54, 1.807) is 11.3 Å². The number of aromatic nitrogens is 1. The SMILES string of the molecule is Cc1ccccc1C(=O)N1CCN(C(=O)c2cc3ccsc3n2[C@H](C)c2ccccc2)C[C@@H]1C. The van der Waals surface area contributed by atoms with E-state index in [4.69, 9.17) is 0 Å². The molecule has 4 aromatic rings. The third-order valence-corrected chi connectivity index (χ3v) is 7.81. The maximum atomic E-state index is 13.8. The molecule has 0 saturated carbocycles. The Morgan fingerprint density at radius 3 is 2.44 bits per heavy atom. The summed E-state index contributed by atoms with van der Waals surface area (Å²) in [6.45, 7) is 7.72. The van der Waals surface area contributed by atoms with Crippen LogP contribution < -0.4 is 0 Å². The summed E-state index contributed by atoms with van der Waals surface area (Å²) in [5.74, 6) is 0.0697. The first-order valence-corrected chi connectivity index (χ1v) is 12.6. The Balaban J connectivity index is 1.40. The summed E-state index contributed by atoms with van der Waals surface area (Å²) >= 11 is 1.66. The van der Waals surface area contributed by atoms with E-state index in [1.165, 1.54) is 5.56 Å². The van der Waals surface area contributed by atoms with E-state index in [0.29, 0.717) is 25.3 Å². The Labute approximate surface area is 204 Å². The third-order valence-electron chi connectivity index (χ3n) is 6.88. The lowest BCUT2D eigenvalue weighted by Crippen LogP contribution is -2.55. The van der Waals surface area contributed by atoms with E-state index in [9.17, 15) is 9.59 Å². The van der Waals surface area contributed by atoms with Crippen LogP contribution in [0.25, 0.3) is 10.2 Å². The Bertz CT molecular complexity index is 1340. The van der Waals surface area contributed by atoms with Gasteiger partial charge in [-0.3, -0.25) is 9.59 Å². The number of thiophene rings is 1. The lowest BCUT2D eigenvalue weighted by atomic mass is 10.1. The van der Waals surface area contributed by atoms with Gasteiger partial charge in [-0.25, -0.2) is 0 Å². The lowest BCUT2D eigenvalue weighted by Gasteiger charge is -2.40. The van der Waals surface area contributed by atoms with Crippen molar-refractivity contribution in [2.45, 2.75) is 32.9 Å². The van der Waals surface area contributed by atoms with Gasteiger partial charge in [-0.05, 0) is 55.5 Å². The molecule has 174 valence electrons. The number of aryl methyl sites for hydroxylation is 1. The van der Waals surface area contributed by atoms with Crippen molar-refractivity contribution >= 4 is 33.4 Å². The molecule has 2 aromatic carbocycles. The Morgan fingerprint density at radius 2 is 1.71 bits per heavy atom. The van der Waals surface area contributed by atoms with Gasteiger partial charge >= 0.3 is 0 Å². The van der Waals surface area contributed by atoms with Crippen molar-refractivity contribution in [1.29, 1.82) is 0 Å². The highest BCUT2D eigenvalue weighted by molar-refractivity contribution is 7.16. The number of carbonyl (C=O) groups is 2. The molecule has 3 heterocycles. The molecule has 0 aliphatic carbocycles. The minimum atomic E-state index is -0.0547. The summed E-state index contributed by atoms with van der Waals surface area (Å²) in [5.41, 5.74) is 3.60. The quantitative estimate of drug-likeness (QED) is 0.389. The summed E-state index contributed by atoms with van der Waals surface area (Å²) in [5, 5.41) is 3.17. The summed E-state index contributed by atoms with van der Waals surface area (Å²) < 4.78 is 2.17. The molecule has 6 heteroatoms. The highest BCUT2D eigenvalue weighted by Gasteiger charge is 2.33. The van der Waals surface area contributed by atoms with Crippen molar-refractivity contribution in [2.24, 2.45) is 0 Å². The van der Waals surface area contributed by atoms with Gasteiger partial charge in [0.15, 0.2) is 0 Å². The molecule has 5 rings (SSSR count). The maximum Gasteiger partial charge on any atom is 0.270 e. The predicted octanol–water partition coefficient (Wildman–Crippen LogP) is 5.61. The number of benzene rings is 2. The first-order chi connectivity index (χ1) is 16.5. The zero-order chi connectivity index (χ0) is 23.8. The standard InChI is InChI=1S/C28H29N3O2S/c1-19-9-7-8-12-24(19)26(32)30-15-14-29(18-20(30)2)27(33)25-17-23-13-16-34-28(23)31(25)21(3)22-10-5-4-6-11-22/h4-13,16-17,20-21H,14-15,18H2,1-3H3/t20-,21+/m0/s1. The molecule has 0 radical (unpaired) electrons. The van der Waals surface area contributed by atoms with Gasteiger partial charge in [0, 0.05) is 36.6 Å². The van der Waals surface area contributed by atoms with Crippen LogP contribution in [-0.2, 0) is 0 Å². The Kier molecular flexibility index (Phi) is 6.00. The molecule has 1 aliphatic heterocycles. The highest BCUT2D eigenvalue weighted by atomic mass is 32.1. The van der Waals surface area contributed by atoms with E-state index < -0.39 is 0 Å². The number of hydrogen-bond acceptors (Lipinski definition) is 3. The second-order valence-corrected chi connectivity index (χ2v) is 9.98. The molecule has 2 aromatic heterocycles. The van der Waals surface area contributed by atoms with Gasteiger partial charge in [-0.2, -0.15) is 0 Å². The van der Waals surface area contributed by atoms with Gasteiger partial charge < -0.3 is 14.4 Å². The number of hydrogen-bond donors (Lipinski definition) is 0. The van der Waals surface area contributed by atoms with Gasteiger partial charge in [0.1, 0.15) is 10.5 Å². The normalized spacial score (nSPS) is 17.2. The monoisotopic (exact) mass is 471 g/mol. The smallest absolute Gasteiger partial charge is 0.270 e. The molecule has 5 nitrogen and oxygen atoms in total. The van der Waals surface area contributed by atoms with E-state index in [2.05, 4.69) is 35.1 Å². The van der Waals surface area contributed by atoms with E-state index in [1.807, 2.05) is 72.2 Å². The fraction of sp³-hybridized carbons (Fsp3) is 0.286. The summed E-state index contributed by atoms with van der Waals surface area (Å²) in [4.78, 5) is 31.9. The molecule has 0 spiro atoms. The fourth-order valence-corrected chi connectivity index (χ4v) is 5.92. The number of amides is 2. The first-order valence-electron chi connectivity index (χ1n) is 11.7. The van der Waals surface area contributed by atoms with Crippen LogP contribution in [0.15, 0.2) is 72.1 Å². The second kappa shape index (κ2) is 9.11. The van der Waals surface area contributed by atoms with Crippen LogP contribution in [0, 0.1) is 6.92 Å². The van der Waals surface area contributed by atoms with Crippen LogP contribution in [0.4, 0.5) is 0 Å². The van der Waals surface area contributed by atoms with Crippen LogP contribution in [-0.4, -0.2) is 51.9 Å². The van der Waals surface area contributed by atoms with Crippen molar-refractivity contribution < 1.29 is 9.59 Å². The number of fused-ring (bicyclic) bond motifs is 1. The maximum absolute atomic E-state index is 13.8. The number of carbonyl (C=O) groups excluding carboxylic acids is 2. The molecule has 1 fully saturated rings.